The van der Waals surface area contributed by atoms with Crippen molar-refractivity contribution >= 4 is 32.9 Å². The van der Waals surface area contributed by atoms with Gasteiger partial charge in [-0.2, -0.15) is 0 Å². The first kappa shape index (κ1) is 11.9. The van der Waals surface area contributed by atoms with E-state index in [2.05, 4.69) is 25.9 Å². The third kappa shape index (κ3) is 2.02. The number of rotatable bonds is 2. The largest absolute Gasteiger partial charge is 0.478 e. The molecule has 4 nitrogen and oxygen atoms in total. The molecule has 0 saturated heterocycles. The summed E-state index contributed by atoms with van der Waals surface area (Å²) in [6.07, 6.45) is 0. The minimum absolute atomic E-state index is 0.210. The van der Waals surface area contributed by atoms with E-state index in [0.29, 0.717) is 15.9 Å². The van der Waals surface area contributed by atoms with E-state index in [4.69, 9.17) is 0 Å². The SMILES string of the molecule is O=C(O)c1c(Br)cccc1-c1nc2ccccc2[nH]1. The topological polar surface area (TPSA) is 66.0 Å². The summed E-state index contributed by atoms with van der Waals surface area (Å²) in [5.41, 5.74) is 2.47. The first-order valence-corrected chi connectivity index (χ1v) is 6.43. The molecule has 1 aromatic heterocycles. The van der Waals surface area contributed by atoms with E-state index >= 15 is 0 Å². The van der Waals surface area contributed by atoms with Gasteiger partial charge in [-0.3, -0.25) is 0 Å². The lowest BCUT2D eigenvalue weighted by atomic mass is 10.1. The standard InChI is InChI=1S/C14H9BrN2O2/c15-9-5-3-4-8(12(9)14(18)19)13-16-10-6-1-2-7-11(10)17-13/h1-7H,(H,16,17)(H,18,19). The maximum Gasteiger partial charge on any atom is 0.337 e. The van der Waals surface area contributed by atoms with Gasteiger partial charge in [-0.15, -0.1) is 0 Å². The molecule has 0 unspecified atom stereocenters. The summed E-state index contributed by atoms with van der Waals surface area (Å²) in [6, 6.07) is 12.8. The van der Waals surface area contributed by atoms with Gasteiger partial charge in [0.1, 0.15) is 5.82 Å². The molecule has 0 aliphatic rings. The summed E-state index contributed by atoms with van der Waals surface area (Å²) >= 11 is 3.27. The number of halogens is 1. The normalized spacial score (nSPS) is 10.8. The fourth-order valence-corrected chi connectivity index (χ4v) is 2.55. The number of aromatic carboxylic acids is 1. The number of H-pyrrole nitrogens is 1. The Morgan fingerprint density at radius 3 is 2.68 bits per heavy atom. The van der Waals surface area contributed by atoms with Crippen LogP contribution < -0.4 is 0 Å². The van der Waals surface area contributed by atoms with Crippen molar-refractivity contribution in [1.82, 2.24) is 9.97 Å². The molecule has 5 heteroatoms. The Hall–Kier alpha value is -2.14. The molecule has 0 fully saturated rings. The van der Waals surface area contributed by atoms with Crippen molar-refractivity contribution in [3.05, 3.63) is 52.5 Å². The lowest BCUT2D eigenvalue weighted by Gasteiger charge is -2.04. The zero-order chi connectivity index (χ0) is 13.4. The molecular weight excluding hydrogens is 308 g/mol. The van der Waals surface area contributed by atoms with Gasteiger partial charge in [0.15, 0.2) is 0 Å². The zero-order valence-electron chi connectivity index (χ0n) is 9.72. The molecular formula is C14H9BrN2O2. The van der Waals surface area contributed by atoms with Gasteiger partial charge in [0.05, 0.1) is 16.6 Å². The molecule has 0 atom stereocenters. The monoisotopic (exact) mass is 316 g/mol. The number of hydrogen-bond acceptors (Lipinski definition) is 2. The summed E-state index contributed by atoms with van der Waals surface area (Å²) in [7, 11) is 0. The molecule has 0 spiro atoms. The van der Waals surface area contributed by atoms with Crippen LogP contribution in [0.4, 0.5) is 0 Å². The number of fused-ring (bicyclic) bond motifs is 1. The molecule has 1 heterocycles. The van der Waals surface area contributed by atoms with Crippen LogP contribution in [0.15, 0.2) is 46.9 Å². The molecule has 0 radical (unpaired) electrons. The Morgan fingerprint density at radius 2 is 1.95 bits per heavy atom. The van der Waals surface area contributed by atoms with Gasteiger partial charge in [-0.05, 0) is 34.1 Å². The van der Waals surface area contributed by atoms with Crippen molar-refractivity contribution in [2.24, 2.45) is 0 Å². The zero-order valence-corrected chi connectivity index (χ0v) is 11.3. The maximum atomic E-state index is 11.4. The van der Waals surface area contributed by atoms with Gasteiger partial charge in [-0.25, -0.2) is 9.78 Å². The van der Waals surface area contributed by atoms with Gasteiger partial charge < -0.3 is 10.1 Å². The van der Waals surface area contributed by atoms with Crippen LogP contribution in [0.5, 0.6) is 0 Å². The molecule has 3 aromatic rings. The number of carboxylic acids is 1. The van der Waals surface area contributed by atoms with E-state index in [1.54, 1.807) is 18.2 Å². The second kappa shape index (κ2) is 4.51. The number of benzene rings is 2. The van der Waals surface area contributed by atoms with Crippen LogP contribution in [-0.4, -0.2) is 21.0 Å². The Morgan fingerprint density at radius 1 is 1.16 bits per heavy atom. The molecule has 0 amide bonds. The summed E-state index contributed by atoms with van der Waals surface area (Å²) < 4.78 is 0.540. The third-order valence-electron chi connectivity index (χ3n) is 2.87. The van der Waals surface area contributed by atoms with Crippen LogP contribution in [-0.2, 0) is 0 Å². The summed E-state index contributed by atoms with van der Waals surface area (Å²) in [5, 5.41) is 9.31. The van der Waals surface area contributed by atoms with Crippen LogP contribution in [0.25, 0.3) is 22.4 Å². The van der Waals surface area contributed by atoms with Crippen molar-refractivity contribution in [3.63, 3.8) is 0 Å². The summed E-state index contributed by atoms with van der Waals surface area (Å²) in [5.74, 6) is -0.428. The number of imidazole rings is 1. The minimum Gasteiger partial charge on any atom is -0.478 e. The van der Waals surface area contributed by atoms with Crippen molar-refractivity contribution < 1.29 is 9.90 Å². The quantitative estimate of drug-likeness (QED) is 0.757. The second-order valence-corrected chi connectivity index (χ2v) is 4.92. The molecule has 0 saturated carbocycles. The second-order valence-electron chi connectivity index (χ2n) is 4.07. The number of nitrogens with zero attached hydrogens (tertiary/aromatic N) is 1. The van der Waals surface area contributed by atoms with Gasteiger partial charge in [0, 0.05) is 10.0 Å². The highest BCUT2D eigenvalue weighted by Crippen LogP contribution is 2.29. The van der Waals surface area contributed by atoms with Crippen molar-refractivity contribution in [2.75, 3.05) is 0 Å². The maximum absolute atomic E-state index is 11.4. The van der Waals surface area contributed by atoms with E-state index in [9.17, 15) is 9.90 Å². The average molecular weight is 317 g/mol. The van der Waals surface area contributed by atoms with E-state index in [0.717, 1.165) is 11.0 Å². The van der Waals surface area contributed by atoms with E-state index in [-0.39, 0.29) is 5.56 Å². The van der Waals surface area contributed by atoms with Crippen LogP contribution in [0.2, 0.25) is 0 Å². The van der Waals surface area contributed by atoms with Crippen LogP contribution in [0, 0.1) is 0 Å². The Balaban J connectivity index is 2.27. The summed E-state index contributed by atoms with van der Waals surface area (Å²) in [6.45, 7) is 0. The molecule has 94 valence electrons. The number of carboxylic acid groups (broad SMARTS) is 1. The van der Waals surface area contributed by atoms with Gasteiger partial charge >= 0.3 is 5.97 Å². The highest BCUT2D eigenvalue weighted by Gasteiger charge is 2.17. The summed E-state index contributed by atoms with van der Waals surface area (Å²) in [4.78, 5) is 18.9. The van der Waals surface area contributed by atoms with E-state index in [1.165, 1.54) is 0 Å². The van der Waals surface area contributed by atoms with Gasteiger partial charge in [-0.1, -0.05) is 24.3 Å². The Bertz CT molecular complexity index is 747. The molecule has 0 aliphatic heterocycles. The van der Waals surface area contributed by atoms with Crippen LogP contribution in [0.3, 0.4) is 0 Å². The van der Waals surface area contributed by atoms with Crippen molar-refractivity contribution in [3.8, 4) is 11.4 Å². The molecule has 2 aromatic carbocycles. The number of para-hydroxylation sites is 2. The minimum atomic E-state index is -0.983. The first-order chi connectivity index (χ1) is 9.16. The molecule has 0 bridgehead atoms. The predicted molar refractivity (Wildman–Crippen MR) is 76.2 cm³/mol. The van der Waals surface area contributed by atoms with Gasteiger partial charge in [0.25, 0.3) is 0 Å². The lowest BCUT2D eigenvalue weighted by molar-refractivity contribution is 0.0696. The molecule has 2 N–H and O–H groups in total. The van der Waals surface area contributed by atoms with E-state index in [1.807, 2.05) is 24.3 Å². The van der Waals surface area contributed by atoms with Gasteiger partial charge in [0.2, 0.25) is 0 Å². The molecule has 3 rings (SSSR count). The van der Waals surface area contributed by atoms with E-state index < -0.39 is 5.97 Å². The highest BCUT2D eigenvalue weighted by atomic mass is 79.9. The number of aromatic nitrogens is 2. The predicted octanol–water partition coefficient (Wildman–Crippen LogP) is 3.69. The van der Waals surface area contributed by atoms with Crippen LogP contribution >= 0.6 is 15.9 Å². The fraction of sp³-hybridized carbons (Fsp3) is 0. The smallest absolute Gasteiger partial charge is 0.337 e. The fourth-order valence-electron chi connectivity index (χ4n) is 2.02. The number of nitrogens with one attached hydrogen (secondary N) is 1. The third-order valence-corrected chi connectivity index (χ3v) is 3.53. The molecule has 0 aliphatic carbocycles. The molecule has 19 heavy (non-hydrogen) atoms. The Kier molecular flexibility index (Phi) is 2.83. The lowest BCUT2D eigenvalue weighted by Crippen LogP contribution is -2.01. The average Bonchev–Trinajstić information content (AvgIpc) is 2.81. The first-order valence-electron chi connectivity index (χ1n) is 5.64. The number of hydrogen-bond donors (Lipinski definition) is 2. The highest BCUT2D eigenvalue weighted by molar-refractivity contribution is 9.10. The number of aromatic amines is 1. The number of carbonyl (C=O) groups is 1. The Labute approximate surface area is 117 Å². The van der Waals surface area contributed by atoms with Crippen LogP contribution in [0.1, 0.15) is 10.4 Å². The van der Waals surface area contributed by atoms with Crippen molar-refractivity contribution in [2.45, 2.75) is 0 Å². The van der Waals surface area contributed by atoms with Crippen molar-refractivity contribution in [1.29, 1.82) is 0 Å².